The molecule has 1 aliphatic rings. The summed E-state index contributed by atoms with van der Waals surface area (Å²) < 4.78 is 4.94. The molecule has 2 amide bonds. The van der Waals surface area contributed by atoms with Crippen LogP contribution in [0.3, 0.4) is 0 Å². The number of nitrogens with zero attached hydrogens (tertiary/aromatic N) is 4. The van der Waals surface area contributed by atoms with E-state index in [2.05, 4.69) is 5.32 Å². The molecule has 11 heteroatoms. The highest BCUT2D eigenvalue weighted by Crippen LogP contribution is 2.27. The maximum atomic E-state index is 12.4. The van der Waals surface area contributed by atoms with Gasteiger partial charge in [0.2, 0.25) is 0 Å². The first kappa shape index (κ1) is 21.0. The number of halogens is 1. The van der Waals surface area contributed by atoms with Crippen LogP contribution in [0.2, 0.25) is 5.02 Å². The third-order valence-electron chi connectivity index (χ3n) is 3.93. The van der Waals surface area contributed by atoms with Gasteiger partial charge in [0.15, 0.2) is 0 Å². The number of ether oxygens (including phenoxy) is 1. The lowest BCUT2D eigenvalue weighted by Crippen LogP contribution is -2.47. The summed E-state index contributed by atoms with van der Waals surface area (Å²) in [5.41, 5.74) is -0.390. The fourth-order valence-electron chi connectivity index (χ4n) is 2.48. The number of nitro groups is 1. The average molecular weight is 408 g/mol. The minimum absolute atomic E-state index is 0.0362. The Hall–Kier alpha value is -3.32. The van der Waals surface area contributed by atoms with Gasteiger partial charge >= 0.3 is 6.09 Å². The molecule has 1 heterocycles. The van der Waals surface area contributed by atoms with Crippen molar-refractivity contribution in [3.63, 3.8) is 0 Å². The Bertz CT molecular complexity index is 843. The van der Waals surface area contributed by atoms with Crippen molar-refractivity contribution in [3.05, 3.63) is 45.1 Å². The van der Waals surface area contributed by atoms with E-state index in [9.17, 15) is 25.0 Å². The van der Waals surface area contributed by atoms with Gasteiger partial charge in [0.25, 0.3) is 11.6 Å². The molecule has 0 atom stereocenters. The lowest BCUT2D eigenvalue weighted by molar-refractivity contribution is -0.384. The van der Waals surface area contributed by atoms with Gasteiger partial charge in [-0.1, -0.05) is 11.6 Å². The molecule has 1 aromatic carbocycles. The number of anilines is 1. The van der Waals surface area contributed by atoms with Gasteiger partial charge in [0.05, 0.1) is 22.2 Å². The minimum atomic E-state index is -0.738. The van der Waals surface area contributed by atoms with Gasteiger partial charge in [-0.2, -0.15) is 5.26 Å². The van der Waals surface area contributed by atoms with Crippen LogP contribution < -0.4 is 5.32 Å². The quantitative estimate of drug-likeness (QED) is 0.343. The number of carbonyl (C=O) groups is 2. The predicted molar refractivity (Wildman–Crippen MR) is 101 cm³/mol. The second kappa shape index (κ2) is 9.57. The van der Waals surface area contributed by atoms with E-state index in [1.165, 1.54) is 18.3 Å². The Morgan fingerprint density at radius 3 is 2.64 bits per heavy atom. The van der Waals surface area contributed by atoms with Crippen LogP contribution >= 0.6 is 11.6 Å². The fraction of sp³-hybridized carbons (Fsp3) is 0.353. The van der Waals surface area contributed by atoms with E-state index in [1.807, 2.05) is 0 Å². The number of hydrogen-bond acceptors (Lipinski definition) is 7. The molecule has 0 spiro atoms. The molecule has 1 fully saturated rings. The number of benzene rings is 1. The summed E-state index contributed by atoms with van der Waals surface area (Å²) in [5.74, 6) is -0.738. The Morgan fingerprint density at radius 1 is 1.39 bits per heavy atom. The van der Waals surface area contributed by atoms with E-state index in [4.69, 9.17) is 16.3 Å². The van der Waals surface area contributed by atoms with Crippen molar-refractivity contribution in [2.75, 3.05) is 38.1 Å². The SMILES string of the molecule is CCOC(=O)N1CCN(/C=C(/C#N)C(=O)Nc2cc([N+](=O)[O-])ccc2Cl)CC1. The summed E-state index contributed by atoms with van der Waals surface area (Å²) >= 11 is 5.96. The monoisotopic (exact) mass is 407 g/mol. The summed E-state index contributed by atoms with van der Waals surface area (Å²) in [7, 11) is 0. The lowest BCUT2D eigenvalue weighted by atomic mass is 10.2. The molecule has 0 aromatic heterocycles. The normalized spacial score (nSPS) is 14.2. The molecule has 2 rings (SSSR count). The zero-order valence-corrected chi connectivity index (χ0v) is 15.8. The number of nitro benzene ring substituents is 1. The van der Waals surface area contributed by atoms with Crippen LogP contribution in [-0.4, -0.2) is 59.5 Å². The number of hydrogen-bond donors (Lipinski definition) is 1. The highest BCUT2D eigenvalue weighted by atomic mass is 35.5. The summed E-state index contributed by atoms with van der Waals surface area (Å²) in [4.78, 5) is 37.6. The number of nitrogens with one attached hydrogen (secondary N) is 1. The van der Waals surface area contributed by atoms with Crippen LogP contribution in [0.4, 0.5) is 16.2 Å². The minimum Gasteiger partial charge on any atom is -0.450 e. The highest BCUT2D eigenvalue weighted by molar-refractivity contribution is 6.34. The van der Waals surface area contributed by atoms with Crippen molar-refractivity contribution in [3.8, 4) is 6.07 Å². The van der Waals surface area contributed by atoms with Crippen LogP contribution in [0, 0.1) is 21.4 Å². The second-order valence-corrected chi connectivity index (χ2v) is 6.16. The number of carbonyl (C=O) groups excluding carboxylic acids is 2. The number of amides is 2. The van der Waals surface area contributed by atoms with Crippen molar-refractivity contribution in [1.82, 2.24) is 9.80 Å². The standard InChI is InChI=1S/C17H18ClN5O5/c1-2-28-17(25)22-7-5-21(6-8-22)11-12(10-19)16(24)20-15-9-13(23(26)27)3-4-14(15)18/h3-4,9,11H,2,5-8H2,1H3,(H,20,24)/b12-11-. The van der Waals surface area contributed by atoms with Gasteiger partial charge in [-0.25, -0.2) is 4.79 Å². The molecule has 1 aromatic rings. The molecule has 1 aliphatic heterocycles. The van der Waals surface area contributed by atoms with Crippen molar-refractivity contribution < 1.29 is 19.2 Å². The lowest BCUT2D eigenvalue weighted by Gasteiger charge is -2.33. The number of rotatable bonds is 5. The summed E-state index contributed by atoms with van der Waals surface area (Å²) in [6.07, 6.45) is 0.994. The predicted octanol–water partition coefficient (Wildman–Crippen LogP) is 2.37. The topological polar surface area (TPSA) is 129 Å². The van der Waals surface area contributed by atoms with Crippen LogP contribution in [0.15, 0.2) is 30.0 Å². The fourth-order valence-corrected chi connectivity index (χ4v) is 2.65. The van der Waals surface area contributed by atoms with E-state index >= 15 is 0 Å². The first-order valence-electron chi connectivity index (χ1n) is 8.38. The molecule has 0 radical (unpaired) electrons. The van der Waals surface area contributed by atoms with Crippen molar-refractivity contribution >= 4 is 35.0 Å². The van der Waals surface area contributed by atoms with Gasteiger partial charge in [-0.05, 0) is 13.0 Å². The van der Waals surface area contributed by atoms with E-state index in [1.54, 1.807) is 22.8 Å². The zero-order chi connectivity index (χ0) is 20.7. The molecule has 1 saturated heterocycles. The summed E-state index contributed by atoms with van der Waals surface area (Å²) in [6, 6.07) is 5.43. The molecule has 1 N–H and O–H groups in total. The number of piperazine rings is 1. The maximum absolute atomic E-state index is 12.4. The molecule has 0 saturated carbocycles. The van der Waals surface area contributed by atoms with E-state index in [0.717, 1.165) is 6.07 Å². The van der Waals surface area contributed by atoms with Crippen LogP contribution in [0.25, 0.3) is 0 Å². The Balaban J connectivity index is 2.04. The zero-order valence-electron chi connectivity index (χ0n) is 15.1. The Labute approximate surface area is 166 Å². The van der Waals surface area contributed by atoms with Crippen molar-refractivity contribution in [2.24, 2.45) is 0 Å². The number of non-ortho nitro benzene ring substituents is 1. The molecular weight excluding hydrogens is 390 g/mol. The molecule has 28 heavy (non-hydrogen) atoms. The van der Waals surface area contributed by atoms with Gasteiger partial charge < -0.3 is 19.9 Å². The van der Waals surface area contributed by atoms with Gasteiger partial charge in [-0.15, -0.1) is 0 Å². The van der Waals surface area contributed by atoms with Crippen molar-refractivity contribution in [2.45, 2.75) is 6.92 Å². The van der Waals surface area contributed by atoms with Gasteiger partial charge in [0, 0.05) is 44.5 Å². The molecular formula is C17H18ClN5O5. The van der Waals surface area contributed by atoms with Crippen LogP contribution in [0.5, 0.6) is 0 Å². The Kier molecular flexibility index (Phi) is 7.17. The van der Waals surface area contributed by atoms with Crippen molar-refractivity contribution in [1.29, 1.82) is 5.26 Å². The van der Waals surface area contributed by atoms with Gasteiger partial charge in [0.1, 0.15) is 11.6 Å². The molecule has 10 nitrogen and oxygen atoms in total. The summed E-state index contributed by atoms with van der Waals surface area (Å²) in [6.45, 7) is 3.66. The third-order valence-corrected chi connectivity index (χ3v) is 4.26. The largest absolute Gasteiger partial charge is 0.450 e. The molecule has 0 aliphatic carbocycles. The first-order chi connectivity index (χ1) is 13.3. The summed E-state index contributed by atoms with van der Waals surface area (Å²) in [5, 5.41) is 22.7. The van der Waals surface area contributed by atoms with E-state index < -0.39 is 16.9 Å². The Morgan fingerprint density at radius 2 is 2.07 bits per heavy atom. The molecule has 0 unspecified atom stereocenters. The van der Waals surface area contributed by atoms with Crippen LogP contribution in [-0.2, 0) is 9.53 Å². The second-order valence-electron chi connectivity index (χ2n) is 5.75. The van der Waals surface area contributed by atoms with E-state index in [-0.39, 0.29) is 28.6 Å². The third kappa shape index (κ3) is 5.34. The maximum Gasteiger partial charge on any atom is 0.409 e. The molecule has 148 valence electrons. The van der Waals surface area contributed by atoms with Gasteiger partial charge in [-0.3, -0.25) is 14.9 Å². The average Bonchev–Trinajstić information content (AvgIpc) is 2.68. The van der Waals surface area contributed by atoms with E-state index in [0.29, 0.717) is 26.2 Å². The molecule has 0 bridgehead atoms. The van der Waals surface area contributed by atoms with Crippen LogP contribution in [0.1, 0.15) is 6.92 Å². The first-order valence-corrected chi connectivity index (χ1v) is 8.76. The smallest absolute Gasteiger partial charge is 0.409 e. The number of nitriles is 1. The highest BCUT2D eigenvalue weighted by Gasteiger charge is 2.22.